The number of benzene rings is 1. The Morgan fingerprint density at radius 3 is 2.19 bits per heavy atom. The second kappa shape index (κ2) is 5.34. The highest BCUT2D eigenvalue weighted by molar-refractivity contribution is 6.18. The summed E-state index contributed by atoms with van der Waals surface area (Å²) in [5.41, 5.74) is -0.459. The summed E-state index contributed by atoms with van der Waals surface area (Å²) in [6.07, 6.45) is -3.58. The van der Waals surface area contributed by atoms with Crippen molar-refractivity contribution >= 4 is 17.4 Å². The van der Waals surface area contributed by atoms with Gasteiger partial charge in [0.15, 0.2) is 5.78 Å². The van der Waals surface area contributed by atoms with Gasteiger partial charge in [-0.3, -0.25) is 4.79 Å². The van der Waals surface area contributed by atoms with Gasteiger partial charge in [0, 0.05) is 17.9 Å². The first kappa shape index (κ1) is 13.0. The second-order valence-corrected chi connectivity index (χ2v) is 3.67. The zero-order valence-corrected chi connectivity index (χ0v) is 9.11. The fourth-order valence-electron chi connectivity index (χ4n) is 1.22. The van der Waals surface area contributed by atoms with Crippen molar-refractivity contribution in [3.05, 3.63) is 35.4 Å². The Bertz CT molecular complexity index is 356. The number of carbonyl (C=O) groups excluding carboxylic acids is 1. The number of alkyl halides is 4. The normalized spacial score (nSPS) is 11.5. The molecule has 1 aromatic rings. The Hall–Kier alpha value is -1.03. The van der Waals surface area contributed by atoms with E-state index < -0.39 is 11.7 Å². The van der Waals surface area contributed by atoms with E-state index in [1.807, 2.05) is 0 Å². The molecule has 0 aliphatic rings. The molecule has 0 N–H and O–H groups in total. The first-order chi connectivity index (χ1) is 7.45. The van der Waals surface area contributed by atoms with E-state index in [4.69, 9.17) is 11.6 Å². The van der Waals surface area contributed by atoms with Gasteiger partial charge in [-0.1, -0.05) is 12.1 Å². The molecule has 0 saturated heterocycles. The van der Waals surface area contributed by atoms with Crippen LogP contribution >= 0.6 is 11.6 Å². The van der Waals surface area contributed by atoms with Gasteiger partial charge < -0.3 is 0 Å². The van der Waals surface area contributed by atoms with Gasteiger partial charge in [0.1, 0.15) is 0 Å². The average Bonchev–Trinajstić information content (AvgIpc) is 2.25. The molecule has 0 unspecified atom stereocenters. The van der Waals surface area contributed by atoms with Crippen molar-refractivity contribution in [3.8, 4) is 0 Å². The summed E-state index contributed by atoms with van der Waals surface area (Å²) >= 11 is 5.42. The number of rotatable bonds is 4. The maximum Gasteiger partial charge on any atom is 0.416 e. The lowest BCUT2D eigenvalue weighted by atomic mass is 10.1. The van der Waals surface area contributed by atoms with Crippen LogP contribution in [0.5, 0.6) is 0 Å². The van der Waals surface area contributed by atoms with Gasteiger partial charge in [0.25, 0.3) is 0 Å². The maximum atomic E-state index is 12.2. The molecule has 0 saturated carbocycles. The molecule has 0 radical (unpaired) electrons. The molecule has 0 atom stereocenters. The van der Waals surface area contributed by atoms with Gasteiger partial charge in [-0.15, -0.1) is 11.6 Å². The van der Waals surface area contributed by atoms with Crippen molar-refractivity contribution in [3.63, 3.8) is 0 Å². The second-order valence-electron chi connectivity index (χ2n) is 3.29. The van der Waals surface area contributed by atoms with E-state index in [1.165, 1.54) is 12.1 Å². The van der Waals surface area contributed by atoms with E-state index in [2.05, 4.69) is 0 Å². The van der Waals surface area contributed by atoms with E-state index >= 15 is 0 Å². The molecule has 1 rings (SSSR count). The van der Waals surface area contributed by atoms with Crippen LogP contribution in [0, 0.1) is 0 Å². The summed E-state index contributed by atoms with van der Waals surface area (Å²) in [6.45, 7) is 0. The summed E-state index contributed by atoms with van der Waals surface area (Å²) < 4.78 is 36.7. The van der Waals surface area contributed by atoms with Gasteiger partial charge >= 0.3 is 6.18 Å². The van der Waals surface area contributed by atoms with E-state index in [0.29, 0.717) is 12.3 Å². The fraction of sp³-hybridized carbons (Fsp3) is 0.364. The maximum absolute atomic E-state index is 12.2. The molecule has 0 aromatic heterocycles. The average molecular weight is 251 g/mol. The first-order valence-electron chi connectivity index (χ1n) is 4.71. The SMILES string of the molecule is O=C(CCCCl)c1ccc(C(F)(F)F)cc1. The Morgan fingerprint density at radius 2 is 1.75 bits per heavy atom. The quantitative estimate of drug-likeness (QED) is 0.585. The van der Waals surface area contributed by atoms with Crippen molar-refractivity contribution < 1.29 is 18.0 Å². The van der Waals surface area contributed by atoms with E-state index in [9.17, 15) is 18.0 Å². The van der Waals surface area contributed by atoms with E-state index in [-0.39, 0.29) is 17.8 Å². The molecule has 1 nitrogen and oxygen atoms in total. The third kappa shape index (κ3) is 3.52. The lowest BCUT2D eigenvalue weighted by molar-refractivity contribution is -0.137. The van der Waals surface area contributed by atoms with Crippen molar-refractivity contribution in [2.24, 2.45) is 0 Å². The van der Waals surface area contributed by atoms with Gasteiger partial charge in [0.05, 0.1) is 5.56 Å². The van der Waals surface area contributed by atoms with Gasteiger partial charge in [0.2, 0.25) is 0 Å². The number of hydrogen-bond acceptors (Lipinski definition) is 1. The van der Waals surface area contributed by atoms with Crippen molar-refractivity contribution in [2.45, 2.75) is 19.0 Å². The molecule has 0 spiro atoms. The summed E-state index contributed by atoms with van der Waals surface area (Å²) in [5.74, 6) is 0.182. The first-order valence-corrected chi connectivity index (χ1v) is 5.25. The van der Waals surface area contributed by atoms with Gasteiger partial charge in [-0.2, -0.15) is 13.2 Å². The van der Waals surface area contributed by atoms with Crippen LogP contribution in [0.3, 0.4) is 0 Å². The zero-order valence-electron chi connectivity index (χ0n) is 8.35. The van der Waals surface area contributed by atoms with Crippen LogP contribution in [0.2, 0.25) is 0 Å². The lowest BCUT2D eigenvalue weighted by Crippen LogP contribution is -2.06. The van der Waals surface area contributed by atoms with Crippen LogP contribution in [0.15, 0.2) is 24.3 Å². The Kier molecular flexibility index (Phi) is 4.35. The van der Waals surface area contributed by atoms with Crippen LogP contribution in [0.4, 0.5) is 13.2 Å². The summed E-state index contributed by atoms with van der Waals surface area (Å²) in [6, 6.07) is 4.21. The minimum Gasteiger partial charge on any atom is -0.294 e. The van der Waals surface area contributed by atoms with Crippen LogP contribution < -0.4 is 0 Å². The number of ketones is 1. The molecule has 0 amide bonds. The molecular formula is C11H10ClF3O. The van der Waals surface area contributed by atoms with Crippen molar-refractivity contribution in [1.29, 1.82) is 0 Å². The fourth-order valence-corrected chi connectivity index (χ4v) is 1.35. The number of hydrogen-bond donors (Lipinski definition) is 0. The molecule has 0 heterocycles. The minimum atomic E-state index is -4.36. The van der Waals surface area contributed by atoms with Gasteiger partial charge in [-0.25, -0.2) is 0 Å². The highest BCUT2D eigenvalue weighted by atomic mass is 35.5. The molecule has 0 aliphatic carbocycles. The van der Waals surface area contributed by atoms with E-state index in [1.54, 1.807) is 0 Å². The van der Waals surface area contributed by atoms with Crippen LogP contribution in [-0.4, -0.2) is 11.7 Å². The molecule has 0 bridgehead atoms. The highest BCUT2D eigenvalue weighted by Crippen LogP contribution is 2.29. The van der Waals surface area contributed by atoms with Crippen LogP contribution in [0.1, 0.15) is 28.8 Å². The summed E-state index contributed by atoms with van der Waals surface area (Å²) in [4.78, 5) is 11.4. The number of halogens is 4. The summed E-state index contributed by atoms with van der Waals surface area (Å²) in [5, 5.41) is 0. The molecule has 16 heavy (non-hydrogen) atoms. The third-order valence-electron chi connectivity index (χ3n) is 2.07. The Balaban J connectivity index is 2.75. The van der Waals surface area contributed by atoms with Crippen molar-refractivity contribution in [2.75, 3.05) is 5.88 Å². The Labute approximate surface area is 96.2 Å². The van der Waals surface area contributed by atoms with Crippen molar-refractivity contribution in [1.82, 2.24) is 0 Å². The molecular weight excluding hydrogens is 241 g/mol. The summed E-state index contributed by atoms with van der Waals surface area (Å²) in [7, 11) is 0. The smallest absolute Gasteiger partial charge is 0.294 e. The van der Waals surface area contributed by atoms with Crippen LogP contribution in [-0.2, 0) is 6.18 Å². The minimum absolute atomic E-state index is 0.186. The number of carbonyl (C=O) groups is 1. The standard InChI is InChI=1S/C11H10ClF3O/c12-7-1-2-10(16)8-3-5-9(6-4-8)11(13,14)15/h3-6H,1-2,7H2. The molecule has 88 valence electrons. The van der Waals surface area contributed by atoms with E-state index in [0.717, 1.165) is 12.1 Å². The van der Waals surface area contributed by atoms with Crippen LogP contribution in [0.25, 0.3) is 0 Å². The largest absolute Gasteiger partial charge is 0.416 e. The Morgan fingerprint density at radius 1 is 1.19 bits per heavy atom. The highest BCUT2D eigenvalue weighted by Gasteiger charge is 2.30. The molecule has 0 aliphatic heterocycles. The predicted molar refractivity (Wildman–Crippen MR) is 55.7 cm³/mol. The lowest BCUT2D eigenvalue weighted by Gasteiger charge is -2.06. The monoisotopic (exact) mass is 250 g/mol. The topological polar surface area (TPSA) is 17.1 Å². The molecule has 1 aromatic carbocycles. The molecule has 5 heteroatoms. The van der Waals surface area contributed by atoms with Gasteiger partial charge in [-0.05, 0) is 18.6 Å². The zero-order chi connectivity index (χ0) is 12.2. The predicted octanol–water partition coefficient (Wildman–Crippen LogP) is 3.91. The number of Topliss-reactive ketones (excluding diaryl/α,β-unsaturated/α-hetero) is 1. The molecule has 0 fully saturated rings. The third-order valence-corrected chi connectivity index (χ3v) is 2.34.